The maximum Gasteiger partial charge on any atom is 0.469 e. The summed E-state index contributed by atoms with van der Waals surface area (Å²) >= 11 is 0. The molecule has 0 heterocycles. The van der Waals surface area contributed by atoms with E-state index in [0.29, 0.717) is 6.54 Å². The van der Waals surface area contributed by atoms with Gasteiger partial charge in [0.25, 0.3) is 0 Å². The van der Waals surface area contributed by atoms with Gasteiger partial charge in [-0.25, -0.2) is 9.67 Å². The van der Waals surface area contributed by atoms with Crippen molar-refractivity contribution in [3.05, 3.63) is 0 Å². The summed E-state index contributed by atoms with van der Waals surface area (Å²) in [6.45, 7) is 0.278. The molecule has 1 aliphatic rings. The molecule has 0 bridgehead atoms. The number of rotatable bonds is 6. The second kappa shape index (κ2) is 6.69. The van der Waals surface area contributed by atoms with Gasteiger partial charge in [0.1, 0.15) is 0 Å². The molecule has 7 heteroatoms. The second-order valence-corrected chi connectivity index (χ2v) is 5.33. The molecule has 6 nitrogen and oxygen atoms in total. The monoisotopic (exact) mass is 252 g/mol. The van der Waals surface area contributed by atoms with Gasteiger partial charge < -0.3 is 15.1 Å². The SMILES string of the molecule is [O]CCNC1CCCCC1COP(=O)(O)O. The summed E-state index contributed by atoms with van der Waals surface area (Å²) in [6, 6.07) is 0.147. The van der Waals surface area contributed by atoms with E-state index in [1.54, 1.807) is 0 Å². The van der Waals surface area contributed by atoms with E-state index in [4.69, 9.17) is 9.79 Å². The Morgan fingerprint density at radius 3 is 2.62 bits per heavy atom. The van der Waals surface area contributed by atoms with Crippen LogP contribution in [0.5, 0.6) is 0 Å². The highest BCUT2D eigenvalue weighted by molar-refractivity contribution is 7.46. The fraction of sp³-hybridized carbons (Fsp3) is 1.00. The summed E-state index contributed by atoms with van der Waals surface area (Å²) in [5, 5.41) is 13.5. The Labute approximate surface area is 95.2 Å². The van der Waals surface area contributed by atoms with E-state index in [0.717, 1.165) is 25.7 Å². The minimum absolute atomic E-state index is 0.0564. The van der Waals surface area contributed by atoms with E-state index in [9.17, 15) is 9.67 Å². The highest BCUT2D eigenvalue weighted by Crippen LogP contribution is 2.38. The summed E-state index contributed by atoms with van der Waals surface area (Å²) in [4.78, 5) is 17.3. The topological polar surface area (TPSA) is 98.7 Å². The predicted molar refractivity (Wildman–Crippen MR) is 57.3 cm³/mol. The third-order valence-corrected chi connectivity index (χ3v) is 3.36. The van der Waals surface area contributed by atoms with Crippen LogP contribution in [0.15, 0.2) is 0 Å². The molecule has 3 N–H and O–H groups in total. The van der Waals surface area contributed by atoms with E-state index in [1.165, 1.54) is 0 Å². The fourth-order valence-electron chi connectivity index (χ4n) is 2.11. The number of phosphoric acid groups is 1. The zero-order valence-corrected chi connectivity index (χ0v) is 10.1. The molecule has 1 saturated carbocycles. The maximum atomic E-state index is 10.6. The standard InChI is InChI=1S/C9H19NO5P/c11-6-5-10-9-4-2-1-3-8(9)7-15-16(12,13)14/h8-10H,1-7H2,(H2,12,13,14). The number of nitrogens with one attached hydrogen (secondary N) is 1. The van der Waals surface area contributed by atoms with Crippen LogP contribution in [0.3, 0.4) is 0 Å². The van der Waals surface area contributed by atoms with Crippen LogP contribution >= 0.6 is 7.82 Å². The molecule has 0 saturated heterocycles. The zero-order chi connectivity index (χ0) is 12.0. The van der Waals surface area contributed by atoms with Gasteiger partial charge >= 0.3 is 7.82 Å². The van der Waals surface area contributed by atoms with Crippen molar-refractivity contribution in [2.45, 2.75) is 31.7 Å². The molecule has 1 radical (unpaired) electrons. The quantitative estimate of drug-likeness (QED) is 0.603. The molecular formula is C9H19NO5P. The smallest absolute Gasteiger partial charge is 0.311 e. The Morgan fingerprint density at radius 2 is 2.00 bits per heavy atom. The first-order chi connectivity index (χ1) is 7.53. The van der Waals surface area contributed by atoms with E-state index < -0.39 is 7.82 Å². The van der Waals surface area contributed by atoms with Gasteiger partial charge in [-0.15, -0.1) is 0 Å². The van der Waals surface area contributed by atoms with Crippen LogP contribution in [0.1, 0.15) is 25.7 Å². The molecule has 1 aliphatic carbocycles. The lowest BCUT2D eigenvalue weighted by atomic mass is 9.85. The van der Waals surface area contributed by atoms with Gasteiger partial charge in [-0.05, 0) is 18.8 Å². The molecule has 0 amide bonds. The first-order valence-electron chi connectivity index (χ1n) is 5.54. The summed E-state index contributed by atoms with van der Waals surface area (Å²) in [5.41, 5.74) is 0. The molecule has 2 unspecified atom stereocenters. The average Bonchev–Trinajstić information content (AvgIpc) is 2.23. The molecular weight excluding hydrogens is 233 g/mol. The van der Waals surface area contributed by atoms with Gasteiger partial charge in [0.2, 0.25) is 0 Å². The number of hydrogen-bond acceptors (Lipinski definition) is 3. The third kappa shape index (κ3) is 5.39. The lowest BCUT2D eigenvalue weighted by Gasteiger charge is -2.31. The molecule has 0 aromatic heterocycles. The van der Waals surface area contributed by atoms with Crippen molar-refractivity contribution < 1.29 is 24.0 Å². The van der Waals surface area contributed by atoms with Crippen molar-refractivity contribution in [1.82, 2.24) is 5.32 Å². The number of hydrogen-bond donors (Lipinski definition) is 3. The van der Waals surface area contributed by atoms with Gasteiger partial charge in [-0.3, -0.25) is 4.52 Å². The first kappa shape index (κ1) is 14.1. The van der Waals surface area contributed by atoms with E-state index >= 15 is 0 Å². The van der Waals surface area contributed by atoms with Crippen LogP contribution in [0.25, 0.3) is 0 Å². The lowest BCUT2D eigenvalue weighted by molar-refractivity contribution is 0.121. The summed E-state index contributed by atoms with van der Waals surface area (Å²) < 4.78 is 15.1. The van der Waals surface area contributed by atoms with E-state index in [-0.39, 0.29) is 25.2 Å². The van der Waals surface area contributed by atoms with Crippen LogP contribution in [-0.2, 0) is 14.2 Å². The van der Waals surface area contributed by atoms with Crippen molar-refractivity contribution in [2.24, 2.45) is 5.92 Å². The van der Waals surface area contributed by atoms with Gasteiger partial charge in [-0.2, -0.15) is 0 Å². The van der Waals surface area contributed by atoms with E-state index in [2.05, 4.69) is 9.84 Å². The molecule has 95 valence electrons. The second-order valence-electron chi connectivity index (χ2n) is 4.10. The predicted octanol–water partition coefficient (Wildman–Crippen LogP) is 0.675. The van der Waals surface area contributed by atoms with Gasteiger partial charge in [0.15, 0.2) is 0 Å². The summed E-state index contributed by atoms with van der Waals surface area (Å²) in [7, 11) is -4.37. The molecule has 2 atom stereocenters. The zero-order valence-electron chi connectivity index (χ0n) is 9.17. The Balaban J connectivity index is 2.37. The highest BCUT2D eigenvalue weighted by atomic mass is 31.2. The van der Waals surface area contributed by atoms with Crippen LogP contribution < -0.4 is 5.32 Å². The van der Waals surface area contributed by atoms with Gasteiger partial charge in [0, 0.05) is 12.6 Å². The first-order valence-corrected chi connectivity index (χ1v) is 7.07. The largest absolute Gasteiger partial charge is 0.469 e. The number of phosphoric ester groups is 1. The van der Waals surface area contributed by atoms with Gasteiger partial charge in [0.05, 0.1) is 13.2 Å². The van der Waals surface area contributed by atoms with Crippen molar-refractivity contribution in [1.29, 1.82) is 0 Å². The summed E-state index contributed by atoms with van der Waals surface area (Å²) in [6.07, 6.45) is 3.96. The Kier molecular flexibility index (Phi) is 5.89. The van der Waals surface area contributed by atoms with Crippen molar-refractivity contribution in [2.75, 3.05) is 19.8 Å². The molecule has 0 aliphatic heterocycles. The normalized spacial score (nSPS) is 26.9. The Hall–Kier alpha value is 0.0300. The fourth-order valence-corrected chi connectivity index (χ4v) is 2.50. The molecule has 0 aromatic rings. The van der Waals surface area contributed by atoms with Crippen molar-refractivity contribution >= 4 is 7.82 Å². The minimum Gasteiger partial charge on any atom is -0.311 e. The van der Waals surface area contributed by atoms with Crippen LogP contribution in [0.4, 0.5) is 0 Å². The third-order valence-electron chi connectivity index (χ3n) is 2.87. The van der Waals surface area contributed by atoms with Crippen molar-refractivity contribution in [3.8, 4) is 0 Å². The lowest BCUT2D eigenvalue weighted by Crippen LogP contribution is -2.41. The Bertz CT molecular complexity index is 244. The van der Waals surface area contributed by atoms with Crippen LogP contribution in [0, 0.1) is 5.92 Å². The molecule has 16 heavy (non-hydrogen) atoms. The highest BCUT2D eigenvalue weighted by Gasteiger charge is 2.27. The average molecular weight is 252 g/mol. The van der Waals surface area contributed by atoms with Crippen LogP contribution in [0.2, 0.25) is 0 Å². The van der Waals surface area contributed by atoms with Crippen molar-refractivity contribution in [3.63, 3.8) is 0 Å². The molecule has 1 rings (SSSR count). The Morgan fingerprint density at radius 1 is 1.31 bits per heavy atom. The molecule has 1 fully saturated rings. The van der Waals surface area contributed by atoms with Crippen LogP contribution in [-0.4, -0.2) is 35.6 Å². The molecule has 0 aromatic carbocycles. The maximum absolute atomic E-state index is 10.6. The minimum atomic E-state index is -4.37. The molecule has 0 spiro atoms. The summed E-state index contributed by atoms with van der Waals surface area (Å²) in [5.74, 6) is 0.0907. The van der Waals surface area contributed by atoms with E-state index in [1.807, 2.05) is 0 Å². The van der Waals surface area contributed by atoms with Gasteiger partial charge in [-0.1, -0.05) is 12.8 Å².